The fourth-order valence-electron chi connectivity index (χ4n) is 4.68. The van der Waals surface area contributed by atoms with Crippen molar-refractivity contribution in [3.8, 4) is 0 Å². The molecule has 0 unspecified atom stereocenters. The topological polar surface area (TPSA) is 80.9 Å². The number of hydrogen-bond acceptors (Lipinski definition) is 6. The minimum atomic E-state index is -0.00754. The first-order valence-corrected chi connectivity index (χ1v) is 11.4. The fourth-order valence-corrected chi connectivity index (χ4v) is 4.68. The number of aryl methyl sites for hydroxylation is 1. The van der Waals surface area contributed by atoms with E-state index in [9.17, 15) is 4.79 Å². The summed E-state index contributed by atoms with van der Waals surface area (Å²) in [5.41, 5.74) is 6.01. The van der Waals surface area contributed by atoms with Crippen LogP contribution in [0.4, 0.5) is 5.69 Å². The second-order valence-corrected chi connectivity index (χ2v) is 9.00. The molecule has 0 fully saturated rings. The molecule has 1 N–H and O–H groups in total. The van der Waals surface area contributed by atoms with Crippen molar-refractivity contribution < 1.29 is 0 Å². The van der Waals surface area contributed by atoms with Crippen molar-refractivity contribution in [2.75, 3.05) is 19.4 Å². The Bertz CT molecular complexity index is 1330. The summed E-state index contributed by atoms with van der Waals surface area (Å²) in [7, 11) is 4.00. The van der Waals surface area contributed by atoms with E-state index in [0.29, 0.717) is 35.7 Å². The zero-order valence-corrected chi connectivity index (χ0v) is 19.3. The summed E-state index contributed by atoms with van der Waals surface area (Å²) < 4.78 is 3.83. The Morgan fingerprint density at radius 2 is 1.91 bits per heavy atom. The lowest BCUT2D eigenvalue weighted by molar-refractivity contribution is 0.384. The molecule has 0 amide bonds. The first-order valence-electron chi connectivity index (χ1n) is 11.4. The maximum atomic E-state index is 13.5. The van der Waals surface area contributed by atoms with E-state index in [2.05, 4.69) is 56.7 Å². The SMILES string of the molecule is CCn1cc(Cn2nncc2CN(C)C)c(=O)c2cc(NC3Cc4ccccc4C3)cnc21. The van der Waals surface area contributed by atoms with Gasteiger partial charge < -0.3 is 14.8 Å². The second-order valence-electron chi connectivity index (χ2n) is 9.00. The molecule has 1 aliphatic rings. The van der Waals surface area contributed by atoms with Crippen LogP contribution >= 0.6 is 0 Å². The van der Waals surface area contributed by atoms with Gasteiger partial charge in [-0.2, -0.15) is 0 Å². The molecular weight excluding hydrogens is 414 g/mol. The molecule has 0 spiro atoms. The highest BCUT2D eigenvalue weighted by atomic mass is 16.1. The van der Waals surface area contributed by atoms with Gasteiger partial charge in [0.25, 0.3) is 0 Å². The number of fused-ring (bicyclic) bond motifs is 2. The maximum absolute atomic E-state index is 13.5. The Labute approximate surface area is 192 Å². The van der Waals surface area contributed by atoms with Gasteiger partial charge in [-0.1, -0.05) is 29.5 Å². The van der Waals surface area contributed by atoms with E-state index in [-0.39, 0.29) is 5.43 Å². The minimum absolute atomic E-state index is 0.00754. The second kappa shape index (κ2) is 8.78. The lowest BCUT2D eigenvalue weighted by atomic mass is 10.1. The summed E-state index contributed by atoms with van der Waals surface area (Å²) in [6.07, 6.45) is 7.45. The van der Waals surface area contributed by atoms with E-state index in [0.717, 1.165) is 30.8 Å². The molecule has 170 valence electrons. The van der Waals surface area contributed by atoms with Crippen LogP contribution in [0, 0.1) is 0 Å². The highest BCUT2D eigenvalue weighted by Gasteiger charge is 2.21. The smallest absolute Gasteiger partial charge is 0.196 e. The van der Waals surface area contributed by atoms with Gasteiger partial charge in [0.15, 0.2) is 5.43 Å². The van der Waals surface area contributed by atoms with Gasteiger partial charge in [0.1, 0.15) is 5.65 Å². The Hall–Kier alpha value is -3.52. The number of nitrogens with one attached hydrogen (secondary N) is 1. The third kappa shape index (κ3) is 4.26. The van der Waals surface area contributed by atoms with Crippen LogP contribution in [0.1, 0.15) is 29.3 Å². The van der Waals surface area contributed by atoms with Gasteiger partial charge in [-0.05, 0) is 51.1 Å². The number of hydrogen-bond donors (Lipinski definition) is 1. The number of nitrogens with zero attached hydrogens (tertiary/aromatic N) is 6. The Kier molecular flexibility index (Phi) is 5.68. The normalized spacial score (nSPS) is 13.7. The first-order chi connectivity index (χ1) is 16.0. The molecule has 1 aromatic carbocycles. The molecule has 33 heavy (non-hydrogen) atoms. The van der Waals surface area contributed by atoms with Crippen LogP contribution in [0.2, 0.25) is 0 Å². The van der Waals surface area contributed by atoms with Crippen LogP contribution in [-0.2, 0) is 32.5 Å². The Morgan fingerprint density at radius 3 is 2.61 bits per heavy atom. The van der Waals surface area contributed by atoms with E-state index in [1.165, 1.54) is 11.1 Å². The summed E-state index contributed by atoms with van der Waals surface area (Å²) in [6.45, 7) is 3.88. The van der Waals surface area contributed by atoms with Crippen molar-refractivity contribution in [2.24, 2.45) is 0 Å². The standard InChI is InChI=1S/C25H29N7O/c1-4-31-14-19(15-32-22(13-27-29-32)16-30(2)3)24(33)23-11-21(12-26-25(23)31)28-20-9-17-7-5-6-8-18(17)10-20/h5-8,11-14,20,28H,4,9-10,15-16H2,1-3H3. The predicted molar refractivity (Wildman–Crippen MR) is 129 cm³/mol. The Morgan fingerprint density at radius 1 is 1.15 bits per heavy atom. The number of aromatic nitrogens is 5. The average molecular weight is 444 g/mol. The largest absolute Gasteiger partial charge is 0.380 e. The van der Waals surface area contributed by atoms with Gasteiger partial charge in [-0.15, -0.1) is 5.10 Å². The van der Waals surface area contributed by atoms with E-state index in [4.69, 9.17) is 0 Å². The third-order valence-corrected chi connectivity index (χ3v) is 6.25. The summed E-state index contributed by atoms with van der Waals surface area (Å²) >= 11 is 0. The summed E-state index contributed by atoms with van der Waals surface area (Å²) in [5.74, 6) is 0. The molecular formula is C25H29N7O. The van der Waals surface area contributed by atoms with Crippen LogP contribution in [-0.4, -0.2) is 49.6 Å². The number of pyridine rings is 2. The summed E-state index contributed by atoms with van der Waals surface area (Å²) in [6, 6.07) is 10.8. The molecule has 5 rings (SSSR count). The Balaban J connectivity index is 1.46. The molecule has 0 atom stereocenters. The van der Waals surface area contributed by atoms with Crippen LogP contribution < -0.4 is 10.7 Å². The van der Waals surface area contributed by atoms with E-state index in [1.54, 1.807) is 10.9 Å². The molecule has 4 aromatic rings. The van der Waals surface area contributed by atoms with E-state index in [1.807, 2.05) is 37.1 Å². The molecule has 8 nitrogen and oxygen atoms in total. The van der Waals surface area contributed by atoms with Gasteiger partial charge in [-0.25, -0.2) is 9.67 Å². The van der Waals surface area contributed by atoms with Crippen LogP contribution in [0.25, 0.3) is 11.0 Å². The van der Waals surface area contributed by atoms with Crippen molar-refractivity contribution in [1.82, 2.24) is 29.4 Å². The average Bonchev–Trinajstić information content (AvgIpc) is 3.41. The molecule has 3 heterocycles. The molecule has 0 aliphatic heterocycles. The zero-order chi connectivity index (χ0) is 22.9. The monoisotopic (exact) mass is 443 g/mol. The number of benzene rings is 1. The lowest BCUT2D eigenvalue weighted by Gasteiger charge is -2.16. The quantitative estimate of drug-likeness (QED) is 0.473. The minimum Gasteiger partial charge on any atom is -0.380 e. The molecule has 0 saturated carbocycles. The van der Waals surface area contributed by atoms with E-state index >= 15 is 0 Å². The van der Waals surface area contributed by atoms with Gasteiger partial charge in [0, 0.05) is 30.9 Å². The van der Waals surface area contributed by atoms with Crippen molar-refractivity contribution in [1.29, 1.82) is 0 Å². The van der Waals surface area contributed by atoms with Gasteiger partial charge in [0.05, 0.1) is 35.7 Å². The summed E-state index contributed by atoms with van der Waals surface area (Å²) in [4.78, 5) is 20.2. The first kappa shape index (κ1) is 21.3. The van der Waals surface area contributed by atoms with Gasteiger partial charge in [0.2, 0.25) is 0 Å². The lowest BCUT2D eigenvalue weighted by Crippen LogP contribution is -2.22. The van der Waals surface area contributed by atoms with Crippen molar-refractivity contribution in [2.45, 2.75) is 45.4 Å². The van der Waals surface area contributed by atoms with Crippen molar-refractivity contribution >= 4 is 16.7 Å². The highest BCUT2D eigenvalue weighted by molar-refractivity contribution is 5.79. The molecule has 0 bridgehead atoms. The van der Waals surface area contributed by atoms with Crippen LogP contribution in [0.5, 0.6) is 0 Å². The molecule has 8 heteroatoms. The molecule has 0 radical (unpaired) electrons. The third-order valence-electron chi connectivity index (χ3n) is 6.25. The zero-order valence-electron chi connectivity index (χ0n) is 19.3. The van der Waals surface area contributed by atoms with Gasteiger partial charge in [-0.3, -0.25) is 4.79 Å². The van der Waals surface area contributed by atoms with Gasteiger partial charge >= 0.3 is 0 Å². The molecule has 1 aliphatic carbocycles. The maximum Gasteiger partial charge on any atom is 0.196 e. The molecule has 0 saturated heterocycles. The fraction of sp³-hybridized carbons (Fsp3) is 0.360. The number of rotatable bonds is 7. The molecule has 3 aromatic heterocycles. The predicted octanol–water partition coefficient (Wildman–Crippen LogP) is 2.70. The van der Waals surface area contributed by atoms with Crippen molar-refractivity contribution in [3.63, 3.8) is 0 Å². The highest BCUT2D eigenvalue weighted by Crippen LogP contribution is 2.25. The number of anilines is 1. The van der Waals surface area contributed by atoms with Crippen LogP contribution in [0.3, 0.4) is 0 Å². The van der Waals surface area contributed by atoms with Crippen molar-refractivity contribution in [3.05, 3.63) is 81.5 Å². The van der Waals surface area contributed by atoms with E-state index < -0.39 is 0 Å². The summed E-state index contributed by atoms with van der Waals surface area (Å²) in [5, 5.41) is 12.5. The van der Waals surface area contributed by atoms with Crippen LogP contribution in [0.15, 0.2) is 53.7 Å².